The van der Waals surface area contributed by atoms with Crippen LogP contribution in [-0.2, 0) is 6.54 Å². The Labute approximate surface area is 108 Å². The van der Waals surface area contributed by atoms with E-state index < -0.39 is 0 Å². The number of benzene rings is 1. The quantitative estimate of drug-likeness (QED) is 0.820. The average molecular weight is 244 g/mol. The van der Waals surface area contributed by atoms with Gasteiger partial charge in [0.2, 0.25) is 0 Å². The molecule has 0 bridgehead atoms. The van der Waals surface area contributed by atoms with Gasteiger partial charge < -0.3 is 10.4 Å². The van der Waals surface area contributed by atoms with E-state index in [1.54, 1.807) is 0 Å². The molecule has 1 aromatic carbocycles. The van der Waals surface area contributed by atoms with E-state index in [0.29, 0.717) is 6.04 Å². The summed E-state index contributed by atoms with van der Waals surface area (Å²) in [5.74, 6) is 0. The predicted octanol–water partition coefficient (Wildman–Crippen LogP) is 2.49. The first-order valence-electron chi connectivity index (χ1n) is 6.47. The van der Waals surface area contributed by atoms with Gasteiger partial charge >= 0.3 is 0 Å². The largest absolute Gasteiger partial charge is 0.396 e. The Kier molecular flexibility index (Phi) is 4.67. The first-order valence-corrected chi connectivity index (χ1v) is 6.47. The molecule has 1 atom stereocenters. The second-order valence-electron chi connectivity index (χ2n) is 4.68. The first kappa shape index (κ1) is 13.0. The maximum atomic E-state index is 8.78. The lowest BCUT2D eigenvalue weighted by atomic mass is 10.1. The second kappa shape index (κ2) is 6.47. The normalized spacial score (nSPS) is 12.8. The van der Waals surface area contributed by atoms with Crippen molar-refractivity contribution in [1.82, 2.24) is 10.3 Å². The van der Waals surface area contributed by atoms with Crippen LogP contribution in [0.2, 0.25) is 0 Å². The van der Waals surface area contributed by atoms with Crippen LogP contribution in [0.25, 0.3) is 10.9 Å². The summed E-state index contributed by atoms with van der Waals surface area (Å²) in [6, 6.07) is 10.8. The van der Waals surface area contributed by atoms with Crippen LogP contribution < -0.4 is 5.32 Å². The molecule has 3 heteroatoms. The van der Waals surface area contributed by atoms with Gasteiger partial charge in [0, 0.05) is 30.8 Å². The monoisotopic (exact) mass is 244 g/mol. The van der Waals surface area contributed by atoms with E-state index in [2.05, 4.69) is 41.5 Å². The fraction of sp³-hybridized carbons (Fsp3) is 0.400. The van der Waals surface area contributed by atoms with Gasteiger partial charge in [0.15, 0.2) is 0 Å². The first-order chi connectivity index (χ1) is 8.79. The van der Waals surface area contributed by atoms with Crippen molar-refractivity contribution in [3.63, 3.8) is 0 Å². The van der Waals surface area contributed by atoms with Crippen LogP contribution in [0.1, 0.15) is 25.3 Å². The van der Waals surface area contributed by atoms with E-state index in [1.807, 2.05) is 12.3 Å². The van der Waals surface area contributed by atoms with Crippen molar-refractivity contribution < 1.29 is 5.11 Å². The molecule has 96 valence electrons. The molecule has 1 unspecified atom stereocenters. The van der Waals surface area contributed by atoms with Crippen LogP contribution in [0, 0.1) is 0 Å². The van der Waals surface area contributed by atoms with Gasteiger partial charge in [-0.3, -0.25) is 4.98 Å². The number of hydrogen-bond acceptors (Lipinski definition) is 3. The number of nitrogens with zero attached hydrogens (tertiary/aromatic N) is 1. The van der Waals surface area contributed by atoms with Crippen LogP contribution >= 0.6 is 0 Å². The van der Waals surface area contributed by atoms with Crippen molar-refractivity contribution in [3.8, 4) is 0 Å². The fourth-order valence-electron chi connectivity index (χ4n) is 2.03. The smallest absolute Gasteiger partial charge is 0.0702 e. The van der Waals surface area contributed by atoms with Crippen LogP contribution in [0.5, 0.6) is 0 Å². The van der Waals surface area contributed by atoms with Crippen LogP contribution in [0.3, 0.4) is 0 Å². The molecule has 0 spiro atoms. The summed E-state index contributed by atoms with van der Waals surface area (Å²) in [6.45, 7) is 3.28. The molecule has 2 rings (SSSR count). The van der Waals surface area contributed by atoms with E-state index in [-0.39, 0.29) is 6.61 Å². The van der Waals surface area contributed by atoms with Crippen LogP contribution in [0.15, 0.2) is 36.5 Å². The molecule has 0 saturated heterocycles. The summed E-state index contributed by atoms with van der Waals surface area (Å²) in [6.07, 6.45) is 3.68. The third-order valence-corrected chi connectivity index (χ3v) is 3.12. The second-order valence-corrected chi connectivity index (χ2v) is 4.68. The molecule has 3 nitrogen and oxygen atoms in total. The molecule has 0 fully saturated rings. The van der Waals surface area contributed by atoms with Gasteiger partial charge in [-0.05, 0) is 43.5 Å². The highest BCUT2D eigenvalue weighted by Crippen LogP contribution is 2.13. The summed E-state index contributed by atoms with van der Waals surface area (Å²) in [7, 11) is 0. The average Bonchev–Trinajstić information content (AvgIpc) is 2.42. The molecule has 18 heavy (non-hydrogen) atoms. The topological polar surface area (TPSA) is 45.1 Å². The van der Waals surface area contributed by atoms with Crippen LogP contribution in [-0.4, -0.2) is 22.7 Å². The predicted molar refractivity (Wildman–Crippen MR) is 74.4 cm³/mol. The zero-order valence-corrected chi connectivity index (χ0v) is 10.8. The molecule has 0 radical (unpaired) electrons. The number of fused-ring (bicyclic) bond motifs is 1. The van der Waals surface area contributed by atoms with Crippen molar-refractivity contribution in [3.05, 3.63) is 42.1 Å². The molecule has 1 aromatic heterocycles. The number of nitrogens with one attached hydrogen (secondary N) is 1. The van der Waals surface area contributed by atoms with E-state index in [0.717, 1.165) is 24.9 Å². The third kappa shape index (κ3) is 3.52. The highest BCUT2D eigenvalue weighted by atomic mass is 16.2. The maximum Gasteiger partial charge on any atom is 0.0702 e. The van der Waals surface area contributed by atoms with E-state index in [4.69, 9.17) is 5.11 Å². The van der Waals surface area contributed by atoms with Gasteiger partial charge in [0.25, 0.3) is 0 Å². The Balaban J connectivity index is 1.95. The maximum absolute atomic E-state index is 8.78. The Morgan fingerprint density at radius 2 is 2.22 bits per heavy atom. The molecule has 2 aromatic rings. The van der Waals surface area contributed by atoms with Gasteiger partial charge in [-0.1, -0.05) is 12.1 Å². The van der Waals surface area contributed by atoms with Crippen LogP contribution in [0.4, 0.5) is 0 Å². The lowest BCUT2D eigenvalue weighted by Crippen LogP contribution is -2.25. The van der Waals surface area contributed by atoms with E-state index in [9.17, 15) is 0 Å². The Morgan fingerprint density at radius 1 is 1.33 bits per heavy atom. The van der Waals surface area contributed by atoms with Gasteiger partial charge in [-0.25, -0.2) is 0 Å². The standard InChI is InChI=1S/C15H20N2O/c1-12(4-3-9-18)17-11-13-6-7-15-14(10-13)5-2-8-16-15/h2,5-8,10,12,17-18H,3-4,9,11H2,1H3. The van der Waals surface area contributed by atoms with E-state index >= 15 is 0 Å². The van der Waals surface area contributed by atoms with Crippen molar-refractivity contribution in [2.45, 2.75) is 32.4 Å². The molecule has 0 aliphatic rings. The number of aliphatic hydroxyl groups excluding tert-OH is 1. The number of rotatable bonds is 6. The Bertz CT molecular complexity index is 499. The summed E-state index contributed by atoms with van der Waals surface area (Å²) in [4.78, 5) is 4.31. The number of aromatic nitrogens is 1. The zero-order chi connectivity index (χ0) is 12.8. The number of aliphatic hydroxyl groups is 1. The zero-order valence-electron chi connectivity index (χ0n) is 10.8. The molecule has 0 amide bonds. The molecule has 0 aliphatic heterocycles. The molecular weight excluding hydrogens is 224 g/mol. The number of hydrogen-bond donors (Lipinski definition) is 2. The molecule has 1 heterocycles. The highest BCUT2D eigenvalue weighted by molar-refractivity contribution is 5.78. The minimum absolute atomic E-state index is 0.271. The van der Waals surface area contributed by atoms with Crippen molar-refractivity contribution in [2.75, 3.05) is 6.61 Å². The number of pyridine rings is 1. The SMILES string of the molecule is CC(CCCO)NCc1ccc2ncccc2c1. The van der Waals surface area contributed by atoms with Gasteiger partial charge in [-0.2, -0.15) is 0 Å². The van der Waals surface area contributed by atoms with Gasteiger partial charge in [-0.15, -0.1) is 0 Å². The Hall–Kier alpha value is -1.45. The molecule has 0 saturated carbocycles. The summed E-state index contributed by atoms with van der Waals surface area (Å²) in [5, 5.41) is 13.4. The molecule has 2 N–H and O–H groups in total. The van der Waals surface area contributed by atoms with Crippen molar-refractivity contribution in [1.29, 1.82) is 0 Å². The minimum Gasteiger partial charge on any atom is -0.396 e. The van der Waals surface area contributed by atoms with Crippen molar-refractivity contribution in [2.24, 2.45) is 0 Å². The van der Waals surface area contributed by atoms with Gasteiger partial charge in [0.1, 0.15) is 0 Å². The van der Waals surface area contributed by atoms with Gasteiger partial charge in [0.05, 0.1) is 5.52 Å². The summed E-state index contributed by atoms with van der Waals surface area (Å²) >= 11 is 0. The Morgan fingerprint density at radius 3 is 3.06 bits per heavy atom. The summed E-state index contributed by atoms with van der Waals surface area (Å²) < 4.78 is 0. The fourth-order valence-corrected chi connectivity index (χ4v) is 2.03. The molecule has 0 aliphatic carbocycles. The molecular formula is C15H20N2O. The summed E-state index contributed by atoms with van der Waals surface area (Å²) in [5.41, 5.74) is 2.31. The lowest BCUT2D eigenvalue weighted by Gasteiger charge is -2.13. The third-order valence-electron chi connectivity index (χ3n) is 3.12. The minimum atomic E-state index is 0.271. The van der Waals surface area contributed by atoms with E-state index in [1.165, 1.54) is 10.9 Å². The lowest BCUT2D eigenvalue weighted by molar-refractivity contribution is 0.276. The highest BCUT2D eigenvalue weighted by Gasteiger charge is 2.02. The van der Waals surface area contributed by atoms with Crippen molar-refractivity contribution >= 4 is 10.9 Å².